The summed E-state index contributed by atoms with van der Waals surface area (Å²) in [6, 6.07) is 12.0. The largest absolute Gasteiger partial charge is 0.465 e. The molecule has 20 heavy (non-hydrogen) atoms. The second kappa shape index (κ2) is 4.67. The van der Waals surface area contributed by atoms with E-state index in [9.17, 15) is 4.79 Å². The molecule has 0 aliphatic rings. The molecule has 0 saturated carbocycles. The third-order valence-electron chi connectivity index (χ3n) is 3.71. The smallest absolute Gasteiger partial charge is 0.338 e. The summed E-state index contributed by atoms with van der Waals surface area (Å²) in [7, 11) is 1.42. The molecular formula is C17H17NO2. The van der Waals surface area contributed by atoms with E-state index in [4.69, 9.17) is 4.74 Å². The monoisotopic (exact) mass is 267 g/mol. The van der Waals surface area contributed by atoms with Crippen LogP contribution in [0, 0.1) is 0 Å². The predicted octanol–water partition coefficient (Wildman–Crippen LogP) is 4.23. The summed E-state index contributed by atoms with van der Waals surface area (Å²) in [4.78, 5) is 15.4. The average molecular weight is 267 g/mol. The number of benzene rings is 2. The Balaban J connectivity index is 2.43. The summed E-state index contributed by atoms with van der Waals surface area (Å²) in [5.41, 5.74) is 3.78. The second-order valence-corrected chi connectivity index (χ2v) is 5.27. The first-order valence-electron chi connectivity index (χ1n) is 6.75. The van der Waals surface area contributed by atoms with Crippen molar-refractivity contribution in [1.29, 1.82) is 0 Å². The van der Waals surface area contributed by atoms with Crippen LogP contribution in [0.5, 0.6) is 0 Å². The van der Waals surface area contributed by atoms with E-state index in [-0.39, 0.29) is 11.9 Å². The number of H-pyrrole nitrogens is 1. The molecule has 0 spiro atoms. The molecule has 0 radical (unpaired) electrons. The highest BCUT2D eigenvalue weighted by atomic mass is 16.5. The van der Waals surface area contributed by atoms with Gasteiger partial charge in [0.1, 0.15) is 0 Å². The molecule has 0 amide bonds. The quantitative estimate of drug-likeness (QED) is 0.706. The number of para-hydroxylation sites is 1. The number of rotatable bonds is 2. The van der Waals surface area contributed by atoms with Gasteiger partial charge in [0.2, 0.25) is 0 Å². The lowest BCUT2D eigenvalue weighted by Crippen LogP contribution is -2.07. The molecule has 1 heterocycles. The molecule has 0 unspecified atom stereocenters. The van der Waals surface area contributed by atoms with Crippen molar-refractivity contribution in [3.05, 3.63) is 47.5 Å². The summed E-state index contributed by atoms with van der Waals surface area (Å²) < 4.78 is 4.90. The molecule has 0 saturated heterocycles. The zero-order valence-corrected chi connectivity index (χ0v) is 11.9. The highest BCUT2D eigenvalue weighted by Gasteiger charge is 2.19. The molecule has 3 heteroatoms. The Hall–Kier alpha value is -2.29. The van der Waals surface area contributed by atoms with E-state index in [1.807, 2.05) is 24.3 Å². The maximum atomic E-state index is 12.0. The van der Waals surface area contributed by atoms with Crippen LogP contribution in [0.15, 0.2) is 36.4 Å². The van der Waals surface area contributed by atoms with Gasteiger partial charge in [0, 0.05) is 16.3 Å². The van der Waals surface area contributed by atoms with Crippen LogP contribution in [-0.2, 0) is 4.74 Å². The highest BCUT2D eigenvalue weighted by molar-refractivity contribution is 6.10. The molecule has 0 aliphatic heterocycles. The van der Waals surface area contributed by atoms with Crippen LogP contribution in [-0.4, -0.2) is 18.1 Å². The summed E-state index contributed by atoms with van der Waals surface area (Å²) in [6.45, 7) is 4.18. The zero-order chi connectivity index (χ0) is 14.3. The number of methoxy groups -OCH3 is 1. The number of aromatic nitrogens is 1. The summed E-state index contributed by atoms with van der Waals surface area (Å²) in [6.07, 6.45) is 0. The van der Waals surface area contributed by atoms with E-state index in [0.29, 0.717) is 5.56 Å². The van der Waals surface area contributed by atoms with Gasteiger partial charge in [-0.05, 0) is 23.6 Å². The van der Waals surface area contributed by atoms with Crippen LogP contribution in [0.25, 0.3) is 21.8 Å². The van der Waals surface area contributed by atoms with Crippen molar-refractivity contribution in [2.45, 2.75) is 19.8 Å². The van der Waals surface area contributed by atoms with Gasteiger partial charge >= 0.3 is 5.97 Å². The van der Waals surface area contributed by atoms with Gasteiger partial charge in [-0.3, -0.25) is 0 Å². The molecule has 3 aromatic rings. The van der Waals surface area contributed by atoms with Gasteiger partial charge in [0.25, 0.3) is 0 Å². The number of hydrogen-bond acceptors (Lipinski definition) is 2. The molecule has 3 nitrogen and oxygen atoms in total. The molecule has 0 fully saturated rings. The van der Waals surface area contributed by atoms with Gasteiger partial charge in [-0.15, -0.1) is 0 Å². The molecule has 0 atom stereocenters. The fourth-order valence-electron chi connectivity index (χ4n) is 2.83. The summed E-state index contributed by atoms with van der Waals surface area (Å²) in [5, 5.41) is 2.33. The van der Waals surface area contributed by atoms with E-state index < -0.39 is 0 Å². The standard InChI is InChI=1S/C17H17NO2/c1-10(2)15-13(17(19)20-3)9-8-12-11-6-4-5-7-14(11)18-16(12)15/h4-10,18H,1-3H3. The molecule has 102 valence electrons. The Morgan fingerprint density at radius 2 is 1.85 bits per heavy atom. The van der Waals surface area contributed by atoms with Crippen LogP contribution < -0.4 is 0 Å². The Morgan fingerprint density at radius 3 is 2.55 bits per heavy atom. The summed E-state index contributed by atoms with van der Waals surface area (Å²) in [5.74, 6) is -0.0462. The Morgan fingerprint density at radius 1 is 1.10 bits per heavy atom. The minimum absolute atomic E-state index is 0.237. The van der Waals surface area contributed by atoms with E-state index in [0.717, 1.165) is 22.0 Å². The fraction of sp³-hybridized carbons (Fsp3) is 0.235. The number of aromatic amines is 1. The molecule has 2 aromatic carbocycles. The number of esters is 1. The van der Waals surface area contributed by atoms with Gasteiger partial charge < -0.3 is 9.72 Å². The van der Waals surface area contributed by atoms with E-state index in [2.05, 4.69) is 31.0 Å². The van der Waals surface area contributed by atoms with Gasteiger partial charge in [-0.25, -0.2) is 4.79 Å². The second-order valence-electron chi connectivity index (χ2n) is 5.27. The first-order valence-corrected chi connectivity index (χ1v) is 6.75. The Labute approximate surface area is 117 Å². The molecule has 1 aromatic heterocycles. The number of fused-ring (bicyclic) bond motifs is 3. The van der Waals surface area contributed by atoms with Crippen molar-refractivity contribution >= 4 is 27.8 Å². The first kappa shape index (κ1) is 12.7. The van der Waals surface area contributed by atoms with Crippen molar-refractivity contribution in [3.63, 3.8) is 0 Å². The minimum atomic E-state index is -0.283. The van der Waals surface area contributed by atoms with Crippen LogP contribution in [0.3, 0.4) is 0 Å². The van der Waals surface area contributed by atoms with Crippen LogP contribution in [0.1, 0.15) is 35.7 Å². The van der Waals surface area contributed by atoms with Gasteiger partial charge in [0.15, 0.2) is 0 Å². The normalized spacial score (nSPS) is 11.4. The first-order chi connectivity index (χ1) is 9.63. The number of carbonyl (C=O) groups excluding carboxylic acids is 1. The fourth-order valence-corrected chi connectivity index (χ4v) is 2.83. The topological polar surface area (TPSA) is 42.1 Å². The van der Waals surface area contributed by atoms with Crippen LogP contribution in [0.4, 0.5) is 0 Å². The number of hydrogen-bond donors (Lipinski definition) is 1. The summed E-state index contributed by atoms with van der Waals surface area (Å²) >= 11 is 0. The Kier molecular flexibility index (Phi) is 2.97. The zero-order valence-electron chi connectivity index (χ0n) is 11.9. The maximum absolute atomic E-state index is 12.0. The third kappa shape index (κ3) is 1.78. The lowest BCUT2D eigenvalue weighted by atomic mass is 9.94. The molecule has 0 aliphatic carbocycles. The average Bonchev–Trinajstić information content (AvgIpc) is 2.83. The molecule has 3 rings (SSSR count). The van der Waals surface area contributed by atoms with Gasteiger partial charge in [-0.1, -0.05) is 38.1 Å². The van der Waals surface area contributed by atoms with Crippen molar-refractivity contribution in [1.82, 2.24) is 4.98 Å². The lowest BCUT2D eigenvalue weighted by Gasteiger charge is -2.12. The van der Waals surface area contributed by atoms with Crippen molar-refractivity contribution in [2.24, 2.45) is 0 Å². The molecule has 1 N–H and O–H groups in total. The lowest BCUT2D eigenvalue weighted by molar-refractivity contribution is 0.0599. The van der Waals surface area contributed by atoms with Crippen LogP contribution in [0.2, 0.25) is 0 Å². The number of carbonyl (C=O) groups is 1. The van der Waals surface area contributed by atoms with Crippen molar-refractivity contribution < 1.29 is 9.53 Å². The van der Waals surface area contributed by atoms with E-state index in [1.165, 1.54) is 12.5 Å². The van der Waals surface area contributed by atoms with Crippen LogP contribution >= 0.6 is 0 Å². The predicted molar refractivity (Wildman–Crippen MR) is 81.2 cm³/mol. The third-order valence-corrected chi connectivity index (χ3v) is 3.71. The van der Waals surface area contributed by atoms with E-state index >= 15 is 0 Å². The maximum Gasteiger partial charge on any atom is 0.338 e. The SMILES string of the molecule is COC(=O)c1ccc2c([nH]c3ccccc32)c1C(C)C. The van der Waals surface area contributed by atoms with Gasteiger partial charge in [0.05, 0.1) is 18.2 Å². The Bertz CT molecular complexity index is 799. The molecular weight excluding hydrogens is 250 g/mol. The molecule has 0 bridgehead atoms. The highest BCUT2D eigenvalue weighted by Crippen LogP contribution is 2.33. The minimum Gasteiger partial charge on any atom is -0.465 e. The van der Waals surface area contributed by atoms with Gasteiger partial charge in [-0.2, -0.15) is 0 Å². The van der Waals surface area contributed by atoms with Crippen molar-refractivity contribution in [3.8, 4) is 0 Å². The number of nitrogens with one attached hydrogen (secondary N) is 1. The van der Waals surface area contributed by atoms with E-state index in [1.54, 1.807) is 0 Å². The number of ether oxygens (including phenoxy) is 1. The van der Waals surface area contributed by atoms with Crippen molar-refractivity contribution in [2.75, 3.05) is 7.11 Å².